The Bertz CT molecular complexity index is 549. The summed E-state index contributed by atoms with van der Waals surface area (Å²) in [7, 11) is 0. The summed E-state index contributed by atoms with van der Waals surface area (Å²) < 4.78 is 0. The molecule has 0 aliphatic heterocycles. The third-order valence-electron chi connectivity index (χ3n) is 2.75. The van der Waals surface area contributed by atoms with E-state index in [9.17, 15) is 0 Å². The Labute approximate surface area is 112 Å². The topological polar surface area (TPSA) is 50.9 Å². The summed E-state index contributed by atoms with van der Waals surface area (Å²) in [5.74, 6) is 0. The van der Waals surface area contributed by atoms with Gasteiger partial charge in [-0.1, -0.05) is 18.3 Å². The molecule has 0 aliphatic carbocycles. The molecule has 3 N–H and O–H groups in total. The van der Waals surface area contributed by atoms with Crippen molar-refractivity contribution in [3.8, 4) is 0 Å². The highest BCUT2D eigenvalue weighted by Crippen LogP contribution is 2.12. The molecule has 2 rings (SSSR count). The third kappa shape index (κ3) is 3.05. The minimum absolute atomic E-state index is 0.419. The van der Waals surface area contributed by atoms with E-state index in [0.717, 1.165) is 16.9 Å². The van der Waals surface area contributed by atoms with Gasteiger partial charge < -0.3 is 11.1 Å². The molecule has 1 aromatic carbocycles. The van der Waals surface area contributed by atoms with Crippen LogP contribution in [-0.4, -0.2) is 9.97 Å². The second-order valence-corrected chi connectivity index (χ2v) is 4.50. The first-order chi connectivity index (χ1) is 8.66. The summed E-state index contributed by atoms with van der Waals surface area (Å²) in [6.07, 6.45) is 1.81. The Balaban J connectivity index is 2.02. The minimum Gasteiger partial charge on any atom is -0.389 e. The lowest BCUT2D eigenvalue weighted by molar-refractivity contribution is 1.02. The second kappa shape index (κ2) is 5.60. The molecule has 1 aromatic heterocycles. The van der Waals surface area contributed by atoms with Crippen molar-refractivity contribution in [1.82, 2.24) is 4.98 Å². The molecular weight excluding hydrogens is 242 g/mol. The van der Waals surface area contributed by atoms with E-state index in [2.05, 4.69) is 23.3 Å². The average Bonchev–Trinajstić information content (AvgIpc) is 2.38. The highest BCUT2D eigenvalue weighted by molar-refractivity contribution is 7.80. The maximum Gasteiger partial charge on any atom is 0.103 e. The molecule has 0 bridgehead atoms. The summed E-state index contributed by atoms with van der Waals surface area (Å²) in [5.41, 5.74) is 9.69. The van der Waals surface area contributed by atoms with Crippen LogP contribution < -0.4 is 11.1 Å². The smallest absolute Gasteiger partial charge is 0.103 e. The molecule has 2 aromatic rings. The van der Waals surface area contributed by atoms with Gasteiger partial charge in [0, 0.05) is 17.4 Å². The number of aryl methyl sites for hydroxylation is 1. The van der Waals surface area contributed by atoms with Crippen molar-refractivity contribution in [3.63, 3.8) is 0 Å². The van der Waals surface area contributed by atoms with Crippen LogP contribution >= 0.6 is 12.2 Å². The first-order valence-corrected chi connectivity index (χ1v) is 6.12. The fraction of sp³-hybridized carbons (Fsp3) is 0.143. The quantitative estimate of drug-likeness (QED) is 0.827. The summed E-state index contributed by atoms with van der Waals surface area (Å²) in [6.45, 7) is 2.76. The van der Waals surface area contributed by atoms with Gasteiger partial charge in [-0.2, -0.15) is 0 Å². The third-order valence-corrected chi connectivity index (χ3v) is 2.98. The van der Waals surface area contributed by atoms with E-state index in [1.54, 1.807) is 6.20 Å². The van der Waals surface area contributed by atoms with Crippen molar-refractivity contribution >= 4 is 22.9 Å². The van der Waals surface area contributed by atoms with Gasteiger partial charge in [0.2, 0.25) is 0 Å². The van der Waals surface area contributed by atoms with Crippen molar-refractivity contribution in [2.24, 2.45) is 5.73 Å². The number of hydrogen-bond acceptors (Lipinski definition) is 3. The molecule has 3 nitrogen and oxygen atoms in total. The van der Waals surface area contributed by atoms with Crippen molar-refractivity contribution < 1.29 is 0 Å². The maximum atomic E-state index is 5.55. The molecule has 0 spiro atoms. The van der Waals surface area contributed by atoms with Crippen molar-refractivity contribution in [2.45, 2.75) is 13.5 Å². The van der Waals surface area contributed by atoms with Crippen LogP contribution in [0, 0.1) is 6.92 Å². The van der Waals surface area contributed by atoms with Crippen LogP contribution in [0.15, 0.2) is 42.6 Å². The minimum atomic E-state index is 0.419. The fourth-order valence-corrected chi connectivity index (χ4v) is 1.78. The van der Waals surface area contributed by atoms with E-state index >= 15 is 0 Å². The van der Waals surface area contributed by atoms with Crippen LogP contribution in [0.3, 0.4) is 0 Å². The summed E-state index contributed by atoms with van der Waals surface area (Å²) in [4.78, 5) is 4.75. The van der Waals surface area contributed by atoms with Crippen LogP contribution in [-0.2, 0) is 6.54 Å². The molecule has 0 amide bonds. The number of pyridine rings is 1. The van der Waals surface area contributed by atoms with Gasteiger partial charge in [-0.3, -0.25) is 4.98 Å². The molecular formula is C14H15N3S. The highest BCUT2D eigenvalue weighted by Gasteiger charge is 2.00. The van der Waals surface area contributed by atoms with E-state index in [-0.39, 0.29) is 0 Å². The van der Waals surface area contributed by atoms with Crippen molar-refractivity contribution in [2.75, 3.05) is 5.32 Å². The Morgan fingerprint density at radius 1 is 1.28 bits per heavy atom. The van der Waals surface area contributed by atoms with E-state index < -0.39 is 0 Å². The van der Waals surface area contributed by atoms with E-state index in [0.29, 0.717) is 11.5 Å². The molecule has 18 heavy (non-hydrogen) atoms. The predicted molar refractivity (Wildman–Crippen MR) is 78.6 cm³/mol. The molecule has 0 fully saturated rings. The van der Waals surface area contributed by atoms with Crippen LogP contribution in [0.2, 0.25) is 0 Å². The average molecular weight is 257 g/mol. The van der Waals surface area contributed by atoms with Gasteiger partial charge in [0.1, 0.15) is 4.99 Å². The standard InChI is InChI=1S/C14H15N3S/c1-10-3-2-8-16-13(10)9-17-12-6-4-11(5-7-12)14(15)18/h2-8,17H,9H2,1H3,(H2,15,18). The van der Waals surface area contributed by atoms with Gasteiger partial charge >= 0.3 is 0 Å². The maximum absolute atomic E-state index is 5.55. The first-order valence-electron chi connectivity index (χ1n) is 5.71. The largest absolute Gasteiger partial charge is 0.389 e. The Hall–Kier alpha value is -1.94. The number of aromatic nitrogens is 1. The molecule has 0 aliphatic rings. The number of nitrogens with zero attached hydrogens (tertiary/aromatic N) is 1. The van der Waals surface area contributed by atoms with Gasteiger partial charge in [0.05, 0.1) is 12.2 Å². The van der Waals surface area contributed by atoms with Crippen molar-refractivity contribution in [3.05, 3.63) is 59.4 Å². The number of nitrogens with two attached hydrogens (primary N) is 1. The zero-order valence-electron chi connectivity index (χ0n) is 10.2. The van der Waals surface area contributed by atoms with E-state index in [4.69, 9.17) is 18.0 Å². The Morgan fingerprint density at radius 2 is 2.00 bits per heavy atom. The van der Waals surface area contributed by atoms with Gasteiger partial charge in [-0.05, 0) is 42.8 Å². The number of hydrogen-bond donors (Lipinski definition) is 2. The monoisotopic (exact) mass is 257 g/mol. The Morgan fingerprint density at radius 3 is 2.61 bits per heavy atom. The van der Waals surface area contributed by atoms with Crippen LogP contribution in [0.25, 0.3) is 0 Å². The number of anilines is 1. The molecule has 0 unspecified atom stereocenters. The van der Waals surface area contributed by atoms with Crippen molar-refractivity contribution in [1.29, 1.82) is 0 Å². The van der Waals surface area contributed by atoms with Gasteiger partial charge in [-0.25, -0.2) is 0 Å². The molecule has 0 saturated heterocycles. The normalized spacial score (nSPS) is 10.1. The molecule has 0 radical (unpaired) electrons. The van der Waals surface area contributed by atoms with Crippen LogP contribution in [0.5, 0.6) is 0 Å². The zero-order chi connectivity index (χ0) is 13.0. The van der Waals surface area contributed by atoms with Gasteiger partial charge in [-0.15, -0.1) is 0 Å². The summed E-state index contributed by atoms with van der Waals surface area (Å²) in [5, 5.41) is 3.32. The second-order valence-electron chi connectivity index (χ2n) is 4.06. The van der Waals surface area contributed by atoms with Crippen LogP contribution in [0.1, 0.15) is 16.8 Å². The molecule has 0 atom stereocenters. The number of thiocarbonyl (C=S) groups is 1. The number of benzene rings is 1. The summed E-state index contributed by atoms with van der Waals surface area (Å²) in [6, 6.07) is 11.8. The lowest BCUT2D eigenvalue weighted by atomic mass is 10.2. The Kier molecular flexibility index (Phi) is 3.89. The molecule has 1 heterocycles. The van der Waals surface area contributed by atoms with Gasteiger partial charge in [0.25, 0.3) is 0 Å². The summed E-state index contributed by atoms with van der Waals surface area (Å²) >= 11 is 4.91. The van der Waals surface area contributed by atoms with E-state index in [1.807, 2.05) is 30.3 Å². The van der Waals surface area contributed by atoms with Crippen LogP contribution in [0.4, 0.5) is 5.69 Å². The molecule has 0 saturated carbocycles. The molecule has 4 heteroatoms. The highest BCUT2D eigenvalue weighted by atomic mass is 32.1. The number of rotatable bonds is 4. The fourth-order valence-electron chi connectivity index (χ4n) is 1.64. The first kappa shape index (κ1) is 12.5. The zero-order valence-corrected chi connectivity index (χ0v) is 11.0. The number of nitrogens with one attached hydrogen (secondary N) is 1. The SMILES string of the molecule is Cc1cccnc1CNc1ccc(C(N)=S)cc1. The lowest BCUT2D eigenvalue weighted by Gasteiger charge is -2.08. The lowest BCUT2D eigenvalue weighted by Crippen LogP contribution is -2.09. The predicted octanol–water partition coefficient (Wildman–Crippen LogP) is 2.64. The van der Waals surface area contributed by atoms with E-state index in [1.165, 1.54) is 5.56 Å². The molecule has 92 valence electrons. The van der Waals surface area contributed by atoms with Gasteiger partial charge in [0.15, 0.2) is 0 Å².